The topological polar surface area (TPSA) is 130 Å². The number of nitrogens with one attached hydrogen (secondary N) is 1. The molecule has 10 nitrogen and oxygen atoms in total. The highest BCUT2D eigenvalue weighted by Gasteiger charge is 2.27. The number of anilines is 1. The number of aromatic nitrogens is 2. The Morgan fingerprint density at radius 3 is 2.64 bits per heavy atom. The summed E-state index contributed by atoms with van der Waals surface area (Å²) in [7, 11) is 1.62. The lowest BCUT2D eigenvalue weighted by molar-refractivity contribution is -0.384. The minimum Gasteiger partial charge on any atom is -0.461 e. The van der Waals surface area contributed by atoms with Gasteiger partial charge < -0.3 is 19.1 Å². The molecule has 2 aromatic heterocycles. The van der Waals surface area contributed by atoms with Gasteiger partial charge in [0, 0.05) is 24.6 Å². The number of fused-ring (bicyclic) bond motifs is 1. The van der Waals surface area contributed by atoms with Crippen LogP contribution in [0.25, 0.3) is 10.9 Å². The zero-order chi connectivity index (χ0) is 20.6. The highest BCUT2D eigenvalue weighted by Crippen LogP contribution is 2.34. The van der Waals surface area contributed by atoms with Crippen LogP contribution in [-0.2, 0) is 11.8 Å². The van der Waals surface area contributed by atoms with Gasteiger partial charge in [-0.15, -0.1) is 0 Å². The molecule has 0 aliphatic carbocycles. The summed E-state index contributed by atoms with van der Waals surface area (Å²) in [5.74, 6) is -0.877. The monoisotopic (exact) mass is 386 g/mol. The number of carbonyl (C=O) groups excluding carboxylic acids is 2. The molecule has 0 atom stereocenters. The molecule has 0 bridgehead atoms. The summed E-state index contributed by atoms with van der Waals surface area (Å²) in [6.45, 7) is 5.01. The van der Waals surface area contributed by atoms with Crippen molar-refractivity contribution in [3.8, 4) is 0 Å². The second-order valence-electron chi connectivity index (χ2n) is 6.11. The van der Waals surface area contributed by atoms with E-state index in [1.807, 2.05) is 0 Å². The molecular weight excluding hydrogens is 368 g/mol. The van der Waals surface area contributed by atoms with Gasteiger partial charge >= 0.3 is 5.97 Å². The second kappa shape index (κ2) is 7.14. The fourth-order valence-electron chi connectivity index (χ4n) is 3.09. The van der Waals surface area contributed by atoms with E-state index in [1.54, 1.807) is 27.8 Å². The van der Waals surface area contributed by atoms with Crippen molar-refractivity contribution in [2.24, 2.45) is 7.05 Å². The number of nitro groups is 1. The number of non-ortho nitro benzene ring substituents is 1. The fourth-order valence-corrected chi connectivity index (χ4v) is 3.09. The van der Waals surface area contributed by atoms with Gasteiger partial charge in [0.2, 0.25) is 0 Å². The van der Waals surface area contributed by atoms with Crippen LogP contribution < -0.4 is 5.32 Å². The van der Waals surface area contributed by atoms with Crippen LogP contribution in [0.1, 0.15) is 39.2 Å². The maximum absolute atomic E-state index is 12.8. The number of rotatable bonds is 5. The Labute approximate surface area is 159 Å². The van der Waals surface area contributed by atoms with Crippen molar-refractivity contribution in [3.63, 3.8) is 0 Å². The molecule has 2 heterocycles. The Hall–Kier alpha value is -3.69. The minimum atomic E-state index is -0.655. The first-order valence-corrected chi connectivity index (χ1v) is 8.44. The Bertz CT molecular complexity index is 1090. The SMILES string of the molecule is CCOC(=O)c1c(NC(=O)c2c(C)noc2C)c2cc([N+](=O)[O-])ccc2n1C. The molecule has 146 valence electrons. The van der Waals surface area contributed by atoms with E-state index in [-0.39, 0.29) is 29.2 Å². The van der Waals surface area contributed by atoms with E-state index in [2.05, 4.69) is 10.5 Å². The summed E-state index contributed by atoms with van der Waals surface area (Å²) < 4.78 is 11.6. The van der Waals surface area contributed by atoms with Gasteiger partial charge in [-0.2, -0.15) is 0 Å². The third kappa shape index (κ3) is 3.08. The Balaban J connectivity index is 2.21. The van der Waals surface area contributed by atoms with Gasteiger partial charge in [-0.1, -0.05) is 5.16 Å². The van der Waals surface area contributed by atoms with Crippen LogP contribution in [0.2, 0.25) is 0 Å². The van der Waals surface area contributed by atoms with Gasteiger partial charge in [0.25, 0.3) is 11.6 Å². The number of hydrogen-bond donors (Lipinski definition) is 1. The van der Waals surface area contributed by atoms with E-state index in [0.29, 0.717) is 22.4 Å². The van der Waals surface area contributed by atoms with Crippen molar-refractivity contribution >= 4 is 34.2 Å². The number of benzene rings is 1. The Kier molecular flexibility index (Phi) is 4.87. The van der Waals surface area contributed by atoms with E-state index in [0.717, 1.165) is 0 Å². The summed E-state index contributed by atoms with van der Waals surface area (Å²) in [6, 6.07) is 4.15. The number of ether oxygens (including phenoxy) is 1. The molecule has 10 heteroatoms. The minimum absolute atomic E-state index is 0.0810. The molecule has 28 heavy (non-hydrogen) atoms. The lowest BCUT2D eigenvalue weighted by Gasteiger charge is -2.08. The van der Waals surface area contributed by atoms with Crippen LogP contribution >= 0.6 is 0 Å². The van der Waals surface area contributed by atoms with Crippen LogP contribution in [0.4, 0.5) is 11.4 Å². The van der Waals surface area contributed by atoms with Crippen LogP contribution in [0.3, 0.4) is 0 Å². The molecular formula is C18H18N4O6. The average molecular weight is 386 g/mol. The quantitative estimate of drug-likeness (QED) is 0.405. The molecule has 1 N–H and O–H groups in total. The van der Waals surface area contributed by atoms with Crippen LogP contribution in [-0.4, -0.2) is 33.1 Å². The summed E-state index contributed by atoms with van der Waals surface area (Å²) in [5, 5.41) is 18.0. The number of amides is 1. The maximum atomic E-state index is 12.8. The van der Waals surface area contributed by atoms with Gasteiger partial charge in [0.05, 0.1) is 28.4 Å². The van der Waals surface area contributed by atoms with Crippen molar-refractivity contribution in [2.45, 2.75) is 20.8 Å². The largest absolute Gasteiger partial charge is 0.461 e. The molecule has 1 amide bonds. The molecule has 3 aromatic rings. The first-order valence-electron chi connectivity index (χ1n) is 8.44. The Morgan fingerprint density at radius 1 is 1.36 bits per heavy atom. The fraction of sp³-hybridized carbons (Fsp3) is 0.278. The predicted molar refractivity (Wildman–Crippen MR) is 99.5 cm³/mol. The lowest BCUT2D eigenvalue weighted by atomic mass is 10.1. The molecule has 0 unspecified atom stereocenters. The van der Waals surface area contributed by atoms with E-state index in [9.17, 15) is 19.7 Å². The van der Waals surface area contributed by atoms with E-state index >= 15 is 0 Å². The third-order valence-corrected chi connectivity index (χ3v) is 4.36. The smallest absolute Gasteiger partial charge is 0.357 e. The zero-order valence-corrected chi connectivity index (χ0v) is 15.7. The van der Waals surface area contributed by atoms with Crippen molar-refractivity contribution in [1.82, 2.24) is 9.72 Å². The highest BCUT2D eigenvalue weighted by molar-refractivity contribution is 6.15. The van der Waals surface area contributed by atoms with Crippen molar-refractivity contribution in [1.29, 1.82) is 0 Å². The van der Waals surface area contributed by atoms with Crippen LogP contribution in [0.15, 0.2) is 22.7 Å². The van der Waals surface area contributed by atoms with E-state index in [4.69, 9.17) is 9.26 Å². The van der Waals surface area contributed by atoms with Crippen LogP contribution in [0, 0.1) is 24.0 Å². The van der Waals surface area contributed by atoms with Crippen molar-refractivity contribution in [2.75, 3.05) is 11.9 Å². The molecule has 0 spiro atoms. The average Bonchev–Trinajstić information content (AvgIpc) is 3.11. The number of nitro benzene ring substituents is 1. The standard InChI is InChI=1S/C18H18N4O6/c1-5-27-18(24)16-15(19-17(23)14-9(2)20-28-10(14)3)12-8-11(22(25)26)6-7-13(12)21(16)4/h6-8H,5H2,1-4H3,(H,19,23). The summed E-state index contributed by atoms with van der Waals surface area (Å²) in [5.41, 5.74) is 1.20. The number of hydrogen-bond acceptors (Lipinski definition) is 7. The first-order chi connectivity index (χ1) is 13.3. The summed E-state index contributed by atoms with van der Waals surface area (Å²) in [6.07, 6.45) is 0. The van der Waals surface area contributed by atoms with Crippen molar-refractivity contribution in [3.05, 3.63) is 51.0 Å². The molecule has 0 saturated heterocycles. The highest BCUT2D eigenvalue weighted by atomic mass is 16.6. The first kappa shape index (κ1) is 19.1. The van der Waals surface area contributed by atoms with Crippen LogP contribution in [0.5, 0.6) is 0 Å². The summed E-state index contributed by atoms with van der Waals surface area (Å²) in [4.78, 5) is 36.0. The molecule has 0 radical (unpaired) electrons. The zero-order valence-electron chi connectivity index (χ0n) is 15.7. The number of esters is 1. The van der Waals surface area contributed by atoms with Gasteiger partial charge in [-0.3, -0.25) is 14.9 Å². The van der Waals surface area contributed by atoms with E-state index in [1.165, 1.54) is 22.8 Å². The van der Waals surface area contributed by atoms with Gasteiger partial charge in [-0.25, -0.2) is 4.79 Å². The van der Waals surface area contributed by atoms with Gasteiger partial charge in [0.15, 0.2) is 5.69 Å². The molecule has 0 saturated carbocycles. The number of aryl methyl sites for hydroxylation is 3. The number of nitrogens with zero attached hydrogens (tertiary/aromatic N) is 3. The molecule has 3 rings (SSSR count). The van der Waals surface area contributed by atoms with Gasteiger partial charge in [-0.05, 0) is 26.8 Å². The molecule has 0 fully saturated rings. The third-order valence-electron chi connectivity index (χ3n) is 4.36. The molecule has 0 aliphatic heterocycles. The van der Waals surface area contributed by atoms with Gasteiger partial charge in [0.1, 0.15) is 11.3 Å². The maximum Gasteiger partial charge on any atom is 0.357 e. The second-order valence-corrected chi connectivity index (χ2v) is 6.11. The van der Waals surface area contributed by atoms with Crippen molar-refractivity contribution < 1.29 is 23.8 Å². The normalized spacial score (nSPS) is 10.9. The number of carbonyl (C=O) groups is 2. The molecule has 0 aliphatic rings. The Morgan fingerprint density at radius 2 is 2.07 bits per heavy atom. The molecule has 1 aromatic carbocycles. The summed E-state index contributed by atoms with van der Waals surface area (Å²) >= 11 is 0. The predicted octanol–water partition coefficient (Wildman–Crippen LogP) is 3.12. The van der Waals surface area contributed by atoms with E-state index < -0.39 is 16.8 Å². The lowest BCUT2D eigenvalue weighted by Crippen LogP contribution is -2.18.